The van der Waals surface area contributed by atoms with Gasteiger partial charge in [0.05, 0.1) is 42.7 Å². The fraction of sp³-hybridized carbons (Fsp3) is 0.333. The van der Waals surface area contributed by atoms with E-state index in [1.54, 1.807) is 54.4 Å². The first-order valence-electron chi connectivity index (χ1n) is 10.8. The minimum Gasteiger partial charge on any atom is -0.495 e. The van der Waals surface area contributed by atoms with Gasteiger partial charge < -0.3 is 14.8 Å². The molecule has 0 radical (unpaired) electrons. The van der Waals surface area contributed by atoms with Crippen LogP contribution in [-0.4, -0.2) is 46.5 Å². The quantitative estimate of drug-likeness (QED) is 0.407. The third kappa shape index (κ3) is 4.43. The van der Waals surface area contributed by atoms with E-state index >= 15 is 4.39 Å². The van der Waals surface area contributed by atoms with Crippen LogP contribution in [0.1, 0.15) is 26.3 Å². The molecule has 0 spiro atoms. The summed E-state index contributed by atoms with van der Waals surface area (Å²) in [6.45, 7) is 5.28. The highest BCUT2D eigenvalue weighted by molar-refractivity contribution is 7.92. The van der Waals surface area contributed by atoms with Gasteiger partial charge in [0, 0.05) is 43.2 Å². The Bertz CT molecular complexity index is 1500. The lowest BCUT2D eigenvalue weighted by atomic mass is 10.1. The number of methoxy groups -OCH3 is 2. The van der Waals surface area contributed by atoms with Gasteiger partial charge in [-0.2, -0.15) is 5.10 Å². The first-order chi connectivity index (χ1) is 16.5. The maximum atomic E-state index is 15.0. The van der Waals surface area contributed by atoms with Gasteiger partial charge in [0.2, 0.25) is 0 Å². The molecule has 0 bridgehead atoms. The number of hydrogen-bond acceptors (Lipinski definition) is 7. The Morgan fingerprint density at radius 3 is 2.43 bits per heavy atom. The Morgan fingerprint density at radius 2 is 1.83 bits per heavy atom. The van der Waals surface area contributed by atoms with E-state index in [4.69, 9.17) is 9.47 Å². The van der Waals surface area contributed by atoms with E-state index < -0.39 is 20.4 Å². The topological polar surface area (TPSA) is 99.8 Å². The predicted octanol–water partition coefficient (Wildman–Crippen LogP) is 4.08. The molecule has 0 amide bonds. The van der Waals surface area contributed by atoms with Crippen molar-refractivity contribution in [1.29, 1.82) is 0 Å². The summed E-state index contributed by atoms with van der Waals surface area (Å²) in [6.07, 6.45) is 6.61. The zero-order chi connectivity index (χ0) is 25.5. The van der Waals surface area contributed by atoms with Crippen LogP contribution in [0, 0.1) is 5.82 Å². The van der Waals surface area contributed by atoms with E-state index in [0.717, 1.165) is 5.56 Å². The molecule has 9 nitrogen and oxygen atoms in total. The summed E-state index contributed by atoms with van der Waals surface area (Å²) in [5.41, 5.74) is 2.83. The summed E-state index contributed by atoms with van der Waals surface area (Å²) in [5, 5.41) is 7.34. The fourth-order valence-electron chi connectivity index (χ4n) is 3.73. The van der Waals surface area contributed by atoms with Gasteiger partial charge in [-0.05, 0) is 32.9 Å². The van der Waals surface area contributed by atoms with Gasteiger partial charge in [-0.15, -0.1) is 0 Å². The number of anilines is 1. The van der Waals surface area contributed by atoms with Crippen LogP contribution in [0.2, 0.25) is 0 Å². The van der Waals surface area contributed by atoms with E-state index in [-0.39, 0.29) is 16.4 Å². The summed E-state index contributed by atoms with van der Waals surface area (Å²) < 4.78 is 54.5. The van der Waals surface area contributed by atoms with Crippen LogP contribution < -0.4 is 14.8 Å². The minimum atomic E-state index is -3.74. The van der Waals surface area contributed by atoms with Gasteiger partial charge in [0.15, 0.2) is 21.4 Å². The molecule has 0 saturated carbocycles. The number of rotatable bonds is 7. The molecule has 0 fully saturated rings. The van der Waals surface area contributed by atoms with Gasteiger partial charge in [0.25, 0.3) is 0 Å². The Kier molecular flexibility index (Phi) is 6.22. The van der Waals surface area contributed by atoms with Crippen molar-refractivity contribution in [1.82, 2.24) is 19.2 Å². The van der Waals surface area contributed by atoms with Crippen molar-refractivity contribution in [3.63, 3.8) is 0 Å². The van der Waals surface area contributed by atoms with Crippen LogP contribution in [0.5, 0.6) is 11.5 Å². The Morgan fingerprint density at radius 1 is 1.09 bits per heavy atom. The number of halogens is 1. The highest BCUT2D eigenvalue weighted by atomic mass is 32.2. The van der Waals surface area contributed by atoms with Crippen LogP contribution in [-0.2, 0) is 23.4 Å². The molecule has 1 N–H and O–H groups in total. The normalized spacial score (nSPS) is 12.2. The van der Waals surface area contributed by atoms with E-state index in [0.29, 0.717) is 29.1 Å². The lowest BCUT2D eigenvalue weighted by Gasteiger charge is -2.21. The molecule has 0 saturated heterocycles. The minimum absolute atomic E-state index is 0.0307. The number of aryl methyl sites for hydroxylation is 1. The molecule has 0 aliphatic rings. The molecule has 0 unspecified atom stereocenters. The first kappa shape index (κ1) is 24.5. The summed E-state index contributed by atoms with van der Waals surface area (Å²) in [7, 11) is 0.891. The lowest BCUT2D eigenvalue weighted by molar-refractivity contribution is 0.388. The second-order valence-electron chi connectivity index (χ2n) is 9.11. The molecule has 11 heteroatoms. The van der Waals surface area contributed by atoms with E-state index in [1.165, 1.54) is 26.5 Å². The Labute approximate surface area is 203 Å². The average molecular weight is 502 g/mol. The maximum absolute atomic E-state index is 15.0. The predicted molar refractivity (Wildman–Crippen MR) is 131 cm³/mol. The summed E-state index contributed by atoms with van der Waals surface area (Å²) in [5.74, 6) is -0.293. The molecule has 0 aliphatic carbocycles. The molecule has 3 heterocycles. The second kappa shape index (κ2) is 8.88. The first-order valence-corrected chi connectivity index (χ1v) is 12.3. The van der Waals surface area contributed by atoms with Crippen molar-refractivity contribution >= 4 is 21.2 Å². The lowest BCUT2D eigenvalue weighted by Crippen LogP contribution is -2.28. The van der Waals surface area contributed by atoms with Crippen molar-refractivity contribution < 1.29 is 22.3 Å². The number of imidazole rings is 1. The SMILES string of the molecule is COc1cc2ncc(-c3cc(F)c(OC)c(NCc4cnn(C)c4)c3)n2cc1S(=O)(=O)C(C)(C)C. The standard InChI is InChI=1S/C24H28FN5O4S/c1-24(2,3)35(31,32)21-14-30-19(12-27-22(30)9-20(21)33-5)16-7-17(25)23(34-6)18(8-16)26-10-15-11-28-29(4)13-15/h7-9,11-14,26H,10H2,1-6H3. The van der Waals surface area contributed by atoms with Gasteiger partial charge in [0.1, 0.15) is 16.3 Å². The summed E-state index contributed by atoms with van der Waals surface area (Å²) in [6, 6.07) is 4.63. The van der Waals surface area contributed by atoms with Crippen molar-refractivity contribution in [2.24, 2.45) is 7.05 Å². The molecule has 0 atom stereocenters. The molecule has 4 aromatic rings. The second-order valence-corrected chi connectivity index (χ2v) is 11.8. The van der Waals surface area contributed by atoms with Crippen molar-refractivity contribution in [3.8, 4) is 22.8 Å². The number of hydrogen-bond donors (Lipinski definition) is 1. The Hall–Kier alpha value is -3.60. The zero-order valence-corrected chi connectivity index (χ0v) is 21.3. The molecule has 186 valence electrons. The van der Waals surface area contributed by atoms with Crippen LogP contribution in [0.15, 0.2) is 47.9 Å². The number of fused-ring (bicyclic) bond motifs is 1. The Balaban J connectivity index is 1.84. The van der Waals surface area contributed by atoms with Crippen LogP contribution in [0.25, 0.3) is 16.9 Å². The van der Waals surface area contributed by atoms with Crippen LogP contribution >= 0.6 is 0 Å². The van der Waals surface area contributed by atoms with Crippen LogP contribution in [0.4, 0.5) is 10.1 Å². The number of nitrogens with zero attached hydrogens (tertiary/aromatic N) is 4. The highest BCUT2D eigenvalue weighted by Gasteiger charge is 2.34. The van der Waals surface area contributed by atoms with Gasteiger partial charge in [-0.3, -0.25) is 9.08 Å². The van der Waals surface area contributed by atoms with Crippen molar-refractivity contribution in [3.05, 3.63) is 54.4 Å². The third-order valence-electron chi connectivity index (χ3n) is 5.68. The fourth-order valence-corrected chi connectivity index (χ4v) is 5.04. The molecule has 0 aliphatic heterocycles. The number of pyridine rings is 1. The number of ether oxygens (including phenoxy) is 2. The summed E-state index contributed by atoms with van der Waals surface area (Å²) >= 11 is 0. The van der Waals surface area contributed by atoms with Gasteiger partial charge in [-0.1, -0.05) is 0 Å². The highest BCUT2D eigenvalue weighted by Crippen LogP contribution is 2.37. The largest absolute Gasteiger partial charge is 0.495 e. The smallest absolute Gasteiger partial charge is 0.188 e. The molecular weight excluding hydrogens is 473 g/mol. The maximum Gasteiger partial charge on any atom is 0.188 e. The third-order valence-corrected chi connectivity index (χ3v) is 8.17. The summed E-state index contributed by atoms with van der Waals surface area (Å²) in [4.78, 5) is 4.42. The van der Waals surface area contributed by atoms with Gasteiger partial charge in [-0.25, -0.2) is 17.8 Å². The number of sulfone groups is 1. The van der Waals surface area contributed by atoms with E-state index in [9.17, 15) is 8.42 Å². The van der Waals surface area contributed by atoms with Crippen LogP contribution in [0.3, 0.4) is 0 Å². The number of aromatic nitrogens is 4. The zero-order valence-electron chi connectivity index (χ0n) is 20.5. The molecule has 35 heavy (non-hydrogen) atoms. The average Bonchev–Trinajstić information content (AvgIpc) is 3.41. The van der Waals surface area contributed by atoms with Gasteiger partial charge >= 0.3 is 0 Å². The molecule has 4 rings (SSSR count). The number of benzene rings is 1. The van der Waals surface area contributed by atoms with E-state index in [1.807, 2.05) is 13.2 Å². The van der Waals surface area contributed by atoms with Crippen molar-refractivity contribution in [2.45, 2.75) is 37.0 Å². The molecule has 3 aromatic heterocycles. The molecular formula is C24H28FN5O4S. The molecule has 1 aromatic carbocycles. The monoisotopic (exact) mass is 501 g/mol. The van der Waals surface area contributed by atoms with E-state index in [2.05, 4.69) is 15.4 Å². The number of nitrogens with one attached hydrogen (secondary N) is 1. The van der Waals surface area contributed by atoms with Crippen molar-refractivity contribution in [2.75, 3.05) is 19.5 Å².